The summed E-state index contributed by atoms with van der Waals surface area (Å²) in [7, 11) is 0. The van der Waals surface area contributed by atoms with E-state index >= 15 is 0 Å². The molecule has 0 spiro atoms. The highest BCUT2D eigenvalue weighted by molar-refractivity contribution is 6.09. The number of carbonyl (C=O) groups is 3. The van der Waals surface area contributed by atoms with Gasteiger partial charge in [-0.25, -0.2) is 0 Å². The number of ketones is 2. The number of nitrogens with zero attached hydrogens (tertiary/aromatic N) is 1. The van der Waals surface area contributed by atoms with Gasteiger partial charge in [0.2, 0.25) is 5.91 Å². The molecule has 1 saturated heterocycles. The topological polar surface area (TPSA) is 63.7 Å². The Bertz CT molecular complexity index is 1070. The standard InChI is InChI=1S/C25H21NO4/c27-23(20-8-4-9-21(16-20)26-15-5-10-24(26)28)17-30-22-13-11-19(12-14-22)25(29)18-6-2-1-3-7-18/h1-4,6-9,11-14,16H,5,10,15,17H2. The average Bonchev–Trinajstić information content (AvgIpc) is 3.24. The predicted molar refractivity (Wildman–Crippen MR) is 114 cm³/mol. The molecule has 5 nitrogen and oxygen atoms in total. The molecule has 3 aromatic carbocycles. The highest BCUT2D eigenvalue weighted by Crippen LogP contribution is 2.23. The number of benzene rings is 3. The Hall–Kier alpha value is -3.73. The highest BCUT2D eigenvalue weighted by atomic mass is 16.5. The number of anilines is 1. The van der Waals surface area contributed by atoms with E-state index < -0.39 is 0 Å². The molecule has 0 N–H and O–H groups in total. The molecular weight excluding hydrogens is 378 g/mol. The molecule has 0 radical (unpaired) electrons. The zero-order valence-electron chi connectivity index (χ0n) is 16.4. The Balaban J connectivity index is 1.38. The average molecular weight is 399 g/mol. The van der Waals surface area contributed by atoms with Crippen molar-refractivity contribution in [2.75, 3.05) is 18.1 Å². The van der Waals surface area contributed by atoms with E-state index in [1.165, 1.54) is 0 Å². The Morgan fingerprint density at radius 1 is 0.833 bits per heavy atom. The first-order valence-corrected chi connectivity index (χ1v) is 9.88. The molecule has 1 heterocycles. The van der Waals surface area contributed by atoms with Crippen LogP contribution >= 0.6 is 0 Å². The molecule has 0 aromatic heterocycles. The minimum Gasteiger partial charge on any atom is -0.485 e. The summed E-state index contributed by atoms with van der Waals surface area (Å²) >= 11 is 0. The van der Waals surface area contributed by atoms with Crippen molar-refractivity contribution in [1.82, 2.24) is 0 Å². The molecule has 0 bridgehead atoms. The number of rotatable bonds is 7. The van der Waals surface area contributed by atoms with E-state index in [0.29, 0.717) is 35.4 Å². The lowest BCUT2D eigenvalue weighted by Crippen LogP contribution is -2.24. The van der Waals surface area contributed by atoms with Gasteiger partial charge in [-0.15, -0.1) is 0 Å². The number of hydrogen-bond acceptors (Lipinski definition) is 4. The summed E-state index contributed by atoms with van der Waals surface area (Å²) in [6.07, 6.45) is 1.38. The molecule has 30 heavy (non-hydrogen) atoms. The van der Waals surface area contributed by atoms with Crippen molar-refractivity contribution in [3.63, 3.8) is 0 Å². The Labute approximate surface area is 174 Å². The van der Waals surface area contributed by atoms with Gasteiger partial charge in [0.05, 0.1) is 0 Å². The Kier molecular flexibility index (Phi) is 5.70. The molecule has 0 saturated carbocycles. The Morgan fingerprint density at radius 2 is 1.53 bits per heavy atom. The normalized spacial score (nSPS) is 13.3. The van der Waals surface area contributed by atoms with Gasteiger partial charge in [-0.1, -0.05) is 42.5 Å². The smallest absolute Gasteiger partial charge is 0.227 e. The van der Waals surface area contributed by atoms with Crippen LogP contribution in [0.5, 0.6) is 5.75 Å². The van der Waals surface area contributed by atoms with Crippen LogP contribution in [0.25, 0.3) is 0 Å². The lowest BCUT2D eigenvalue weighted by atomic mass is 10.0. The molecule has 4 rings (SSSR count). The minimum atomic E-state index is -0.173. The van der Waals surface area contributed by atoms with E-state index in [9.17, 15) is 14.4 Å². The van der Waals surface area contributed by atoms with E-state index in [0.717, 1.165) is 12.1 Å². The number of ether oxygens (including phenoxy) is 1. The lowest BCUT2D eigenvalue weighted by molar-refractivity contribution is -0.117. The number of carbonyl (C=O) groups excluding carboxylic acids is 3. The van der Waals surface area contributed by atoms with Gasteiger partial charge >= 0.3 is 0 Å². The molecule has 1 aliphatic rings. The van der Waals surface area contributed by atoms with Crippen LogP contribution in [0.1, 0.15) is 39.1 Å². The Morgan fingerprint density at radius 3 is 2.23 bits per heavy atom. The van der Waals surface area contributed by atoms with Gasteiger partial charge in [-0.3, -0.25) is 14.4 Å². The van der Waals surface area contributed by atoms with Gasteiger partial charge in [-0.2, -0.15) is 0 Å². The van der Waals surface area contributed by atoms with Crippen LogP contribution in [0.2, 0.25) is 0 Å². The second-order valence-electron chi connectivity index (χ2n) is 7.13. The van der Waals surface area contributed by atoms with Crippen LogP contribution in [0.3, 0.4) is 0 Å². The fourth-order valence-electron chi connectivity index (χ4n) is 3.46. The van der Waals surface area contributed by atoms with Gasteiger partial charge < -0.3 is 9.64 Å². The van der Waals surface area contributed by atoms with Crippen LogP contribution in [-0.4, -0.2) is 30.6 Å². The molecule has 1 fully saturated rings. The molecule has 5 heteroatoms. The second kappa shape index (κ2) is 8.74. The maximum atomic E-state index is 12.5. The van der Waals surface area contributed by atoms with Crippen LogP contribution in [-0.2, 0) is 4.79 Å². The molecular formula is C25H21NO4. The molecule has 150 valence electrons. The molecule has 3 aromatic rings. The number of hydrogen-bond donors (Lipinski definition) is 0. The summed E-state index contributed by atoms with van der Waals surface area (Å²) in [5.74, 6) is 0.360. The van der Waals surface area contributed by atoms with Gasteiger partial charge in [0.1, 0.15) is 5.75 Å². The van der Waals surface area contributed by atoms with Crippen LogP contribution in [0.15, 0.2) is 78.9 Å². The van der Waals surface area contributed by atoms with E-state index in [4.69, 9.17) is 4.74 Å². The van der Waals surface area contributed by atoms with Crippen molar-refractivity contribution in [1.29, 1.82) is 0 Å². The monoisotopic (exact) mass is 399 g/mol. The lowest BCUT2D eigenvalue weighted by Gasteiger charge is -2.16. The van der Waals surface area contributed by atoms with Gasteiger partial charge in [0, 0.05) is 35.3 Å². The van der Waals surface area contributed by atoms with Crippen molar-refractivity contribution in [2.24, 2.45) is 0 Å². The van der Waals surface area contributed by atoms with E-state index in [-0.39, 0.29) is 24.1 Å². The summed E-state index contributed by atoms with van der Waals surface area (Å²) in [5.41, 5.74) is 2.43. The van der Waals surface area contributed by atoms with Crippen LogP contribution < -0.4 is 9.64 Å². The first kappa shape index (κ1) is 19.6. The molecule has 0 atom stereocenters. The maximum absolute atomic E-state index is 12.5. The zero-order chi connectivity index (χ0) is 20.9. The van der Waals surface area contributed by atoms with Crippen molar-refractivity contribution in [3.05, 3.63) is 95.6 Å². The minimum absolute atomic E-state index is 0.0634. The summed E-state index contributed by atoms with van der Waals surface area (Å²) in [5, 5.41) is 0. The highest BCUT2D eigenvalue weighted by Gasteiger charge is 2.22. The van der Waals surface area contributed by atoms with Crippen LogP contribution in [0, 0.1) is 0 Å². The largest absolute Gasteiger partial charge is 0.485 e. The third-order valence-corrected chi connectivity index (χ3v) is 5.08. The molecule has 1 aliphatic heterocycles. The maximum Gasteiger partial charge on any atom is 0.227 e. The van der Waals surface area contributed by atoms with Crippen LogP contribution in [0.4, 0.5) is 5.69 Å². The van der Waals surface area contributed by atoms with Crippen molar-refractivity contribution in [2.45, 2.75) is 12.8 Å². The quantitative estimate of drug-likeness (QED) is 0.556. The number of Topliss-reactive ketones (excluding diaryl/α,β-unsaturated/α-hetero) is 1. The molecule has 1 amide bonds. The fraction of sp³-hybridized carbons (Fsp3) is 0.160. The summed E-state index contributed by atoms with van der Waals surface area (Å²) in [6.45, 7) is 0.560. The summed E-state index contributed by atoms with van der Waals surface area (Å²) in [6, 6.07) is 22.9. The first-order chi connectivity index (χ1) is 14.6. The van der Waals surface area contributed by atoms with E-state index in [1.54, 1.807) is 59.5 Å². The van der Waals surface area contributed by atoms with E-state index in [1.807, 2.05) is 24.3 Å². The molecule has 0 unspecified atom stereocenters. The van der Waals surface area contributed by atoms with Crippen molar-refractivity contribution < 1.29 is 19.1 Å². The van der Waals surface area contributed by atoms with E-state index in [2.05, 4.69) is 0 Å². The van der Waals surface area contributed by atoms with Crippen molar-refractivity contribution >= 4 is 23.2 Å². The number of amides is 1. The van der Waals surface area contributed by atoms with Gasteiger partial charge in [0.25, 0.3) is 0 Å². The fourth-order valence-corrected chi connectivity index (χ4v) is 3.46. The van der Waals surface area contributed by atoms with Gasteiger partial charge in [-0.05, 0) is 42.8 Å². The third kappa shape index (κ3) is 4.30. The third-order valence-electron chi connectivity index (χ3n) is 5.08. The summed E-state index contributed by atoms with van der Waals surface area (Å²) < 4.78 is 5.61. The predicted octanol–water partition coefficient (Wildman–Crippen LogP) is 4.31. The van der Waals surface area contributed by atoms with Crippen molar-refractivity contribution in [3.8, 4) is 5.75 Å². The summed E-state index contributed by atoms with van der Waals surface area (Å²) in [4.78, 5) is 38.6. The second-order valence-corrected chi connectivity index (χ2v) is 7.13. The SMILES string of the molecule is O=C(COc1ccc(C(=O)c2ccccc2)cc1)c1cccc(N2CCCC2=O)c1. The molecule has 0 aliphatic carbocycles. The first-order valence-electron chi connectivity index (χ1n) is 9.88. The van der Waals surface area contributed by atoms with Gasteiger partial charge in [0.15, 0.2) is 18.2 Å². The zero-order valence-corrected chi connectivity index (χ0v) is 16.4.